The van der Waals surface area contributed by atoms with Crippen molar-refractivity contribution in [2.75, 3.05) is 9.71 Å². The van der Waals surface area contributed by atoms with E-state index < -0.39 is 0 Å². The summed E-state index contributed by atoms with van der Waals surface area (Å²) in [6.07, 6.45) is 4.58. The summed E-state index contributed by atoms with van der Waals surface area (Å²) < 4.78 is 17.6. The number of nitrogens with zero attached hydrogens (tertiary/aromatic N) is 2. The minimum atomic E-state index is -0.317. The third-order valence-corrected chi connectivity index (χ3v) is 19.2. The van der Waals surface area contributed by atoms with E-state index in [-0.39, 0.29) is 33.9 Å². The molecule has 0 N–H and O–H groups in total. The molecule has 2 aliphatic carbocycles. The molecule has 0 saturated heterocycles. The molecule has 0 radical (unpaired) electrons. The van der Waals surface area contributed by atoms with Gasteiger partial charge in [-0.25, -0.2) is 0 Å². The van der Waals surface area contributed by atoms with Gasteiger partial charge in [0.25, 0.3) is 0 Å². The predicted molar refractivity (Wildman–Crippen MR) is 304 cm³/mol. The Balaban J connectivity index is 1.18. The van der Waals surface area contributed by atoms with Crippen LogP contribution in [0, 0.1) is 6.92 Å². The monoisotopic (exact) mass is 946 g/mol. The number of fused-ring (bicyclic) bond motifs is 15. The second kappa shape index (κ2) is 14.0. The molecule has 71 heavy (non-hydrogen) atoms. The van der Waals surface area contributed by atoms with Gasteiger partial charge in [0.1, 0.15) is 22.4 Å². The number of benzene rings is 7. The number of furan rings is 2. The zero-order valence-electron chi connectivity index (χ0n) is 43.5. The lowest BCUT2D eigenvalue weighted by Crippen LogP contribution is -2.61. The Morgan fingerprint density at radius 3 is 1.85 bits per heavy atom. The highest BCUT2D eigenvalue weighted by Gasteiger charge is 2.51. The van der Waals surface area contributed by atoms with Crippen molar-refractivity contribution >= 4 is 111 Å². The van der Waals surface area contributed by atoms with Gasteiger partial charge in [0.2, 0.25) is 0 Å². The summed E-state index contributed by atoms with van der Waals surface area (Å²) in [5.74, 6) is 0. The molecule has 0 saturated carbocycles. The van der Waals surface area contributed by atoms with Crippen LogP contribution in [-0.4, -0.2) is 6.85 Å². The number of hydrogen-bond acceptors (Lipinski definition) is 5. The van der Waals surface area contributed by atoms with Crippen molar-refractivity contribution in [1.82, 2.24) is 0 Å². The second-order valence-corrected chi connectivity index (χ2v) is 26.5. The molecule has 0 unspecified atom stereocenters. The average molecular weight is 947 g/mol. The van der Waals surface area contributed by atoms with Crippen LogP contribution in [-0.2, 0) is 27.1 Å². The van der Waals surface area contributed by atoms with Gasteiger partial charge in [-0.3, -0.25) is 0 Å². The van der Waals surface area contributed by atoms with Crippen LogP contribution in [0.25, 0.3) is 64.2 Å². The first-order chi connectivity index (χ1) is 33.7. The summed E-state index contributed by atoms with van der Waals surface area (Å²) in [6.45, 7) is 28.5. The van der Waals surface area contributed by atoms with E-state index in [1.807, 2.05) is 11.3 Å². The molecular weight excluding hydrogens is 884 g/mol. The molecule has 0 bridgehead atoms. The Labute approximate surface area is 422 Å². The molecule has 0 fully saturated rings. The van der Waals surface area contributed by atoms with Gasteiger partial charge < -0.3 is 18.5 Å². The lowest BCUT2D eigenvalue weighted by molar-refractivity contribution is 0.332. The Hall–Kier alpha value is -6.24. The van der Waals surface area contributed by atoms with E-state index in [0.29, 0.717) is 0 Å². The van der Waals surface area contributed by atoms with E-state index in [4.69, 9.17) is 8.83 Å². The van der Waals surface area contributed by atoms with Gasteiger partial charge in [-0.2, -0.15) is 0 Å². The van der Waals surface area contributed by atoms with E-state index in [9.17, 15) is 0 Å². The zero-order valence-corrected chi connectivity index (χ0v) is 44.3. The van der Waals surface area contributed by atoms with Crippen molar-refractivity contribution in [2.45, 2.75) is 136 Å². The standard InChI is InChI=1S/C65H63BN2O2S/c1-36-29-45-47(64(9,10)27-25-62(45,5)6)33-49(36)67-51-32-42-39-17-13-15-19-52(39)69-59(42)56-43-30-41-40-18-14-16-20-54(40)71-55(41)35-50(43)68(38-23-21-37(22-24-38)61(2,3)4)66(57(51)56)60-58(67)44-31-46-48(34-53(44)70-60)65(11,12)28-26-63(46,7)8/h13-24,29-35H,25-28H2,1-12H3. The van der Waals surface area contributed by atoms with Crippen molar-refractivity contribution in [1.29, 1.82) is 0 Å². The number of hydrogen-bond donors (Lipinski definition) is 0. The summed E-state index contributed by atoms with van der Waals surface area (Å²) in [5, 5.41) is 6.01. The first kappa shape index (κ1) is 43.5. The zero-order chi connectivity index (χ0) is 49.1. The number of anilines is 5. The molecular formula is C65H63BN2O2S. The van der Waals surface area contributed by atoms with Crippen LogP contribution >= 0.6 is 11.3 Å². The van der Waals surface area contributed by atoms with Crippen LogP contribution in [0.15, 0.2) is 124 Å². The maximum Gasteiger partial charge on any atom is 0.376 e. The fourth-order valence-corrected chi connectivity index (χ4v) is 14.7. The van der Waals surface area contributed by atoms with Crippen molar-refractivity contribution in [3.8, 4) is 11.1 Å². The molecule has 354 valence electrons. The van der Waals surface area contributed by atoms with Gasteiger partial charge >= 0.3 is 6.85 Å². The molecule has 0 atom stereocenters. The minimum absolute atomic E-state index is 0.00265. The molecule has 10 aromatic rings. The molecule has 2 aliphatic heterocycles. The van der Waals surface area contributed by atoms with E-state index in [1.165, 1.54) is 93.4 Å². The first-order valence-electron chi connectivity index (χ1n) is 26.1. The third kappa shape index (κ3) is 5.98. The van der Waals surface area contributed by atoms with Crippen LogP contribution < -0.4 is 20.8 Å². The Morgan fingerprint density at radius 2 is 1.15 bits per heavy atom. The maximum absolute atomic E-state index is 7.79. The maximum atomic E-state index is 7.79. The highest BCUT2D eigenvalue weighted by molar-refractivity contribution is 7.25. The van der Waals surface area contributed by atoms with Crippen molar-refractivity contribution in [3.05, 3.63) is 149 Å². The SMILES string of the molecule is Cc1cc2c(cc1N1c3cc4c(oc5ccccc54)c4c3B(c3oc5cc6c(cc5c31)C(C)(C)CCC6(C)C)N(c1ccc(C(C)(C)C)cc1)c1cc3sc5ccccc5c3cc1-4)C(C)(C)CCC2(C)C. The summed E-state index contributed by atoms with van der Waals surface area (Å²) in [6, 6.07) is 44.6. The number of para-hydroxylation sites is 1. The van der Waals surface area contributed by atoms with Crippen molar-refractivity contribution in [2.24, 2.45) is 0 Å². The van der Waals surface area contributed by atoms with Crippen LogP contribution in [0.2, 0.25) is 0 Å². The van der Waals surface area contributed by atoms with Crippen LogP contribution in [0.4, 0.5) is 28.4 Å². The van der Waals surface area contributed by atoms with E-state index in [1.54, 1.807) is 0 Å². The molecule has 0 amide bonds. The number of thiophene rings is 1. The van der Waals surface area contributed by atoms with Gasteiger partial charge in [0, 0.05) is 70.2 Å². The third-order valence-electron chi connectivity index (χ3n) is 18.0. The van der Waals surface area contributed by atoms with Gasteiger partial charge in [-0.15, -0.1) is 11.3 Å². The van der Waals surface area contributed by atoms with E-state index in [2.05, 4.69) is 208 Å². The lowest BCUT2D eigenvalue weighted by atomic mass is 9.45. The quantitative estimate of drug-likeness (QED) is 0.162. The van der Waals surface area contributed by atoms with Gasteiger partial charge in [-0.1, -0.05) is 131 Å². The second-order valence-electron chi connectivity index (χ2n) is 25.5. The smallest absolute Gasteiger partial charge is 0.376 e. The van der Waals surface area contributed by atoms with Crippen LogP contribution in [0.1, 0.15) is 135 Å². The fourth-order valence-electron chi connectivity index (χ4n) is 13.6. The molecule has 5 heterocycles. The summed E-state index contributed by atoms with van der Waals surface area (Å²) in [5.41, 5.74) is 21.6. The summed E-state index contributed by atoms with van der Waals surface area (Å²) >= 11 is 1.88. The normalized spacial score (nSPS) is 18.3. The molecule has 0 spiro atoms. The number of aryl methyl sites for hydroxylation is 1. The summed E-state index contributed by atoms with van der Waals surface area (Å²) in [7, 11) is 0. The molecule has 6 heteroatoms. The lowest BCUT2D eigenvalue weighted by Gasteiger charge is -2.45. The predicted octanol–water partition coefficient (Wildman–Crippen LogP) is 17.7. The molecule has 4 aliphatic rings. The summed E-state index contributed by atoms with van der Waals surface area (Å²) in [4.78, 5) is 5.28. The Morgan fingerprint density at radius 1 is 0.535 bits per heavy atom. The highest BCUT2D eigenvalue weighted by atomic mass is 32.1. The van der Waals surface area contributed by atoms with Gasteiger partial charge in [-0.05, 0) is 159 Å². The van der Waals surface area contributed by atoms with Gasteiger partial charge in [0.05, 0.1) is 5.69 Å². The minimum Gasteiger partial charge on any atom is -0.466 e. The first-order valence-corrected chi connectivity index (χ1v) is 26.9. The molecule has 3 aromatic heterocycles. The Kier molecular flexibility index (Phi) is 8.61. The fraction of sp³-hybridized carbons (Fsp3) is 0.323. The van der Waals surface area contributed by atoms with E-state index in [0.717, 1.165) is 69.4 Å². The highest BCUT2D eigenvalue weighted by Crippen LogP contribution is 2.57. The van der Waals surface area contributed by atoms with Crippen LogP contribution in [0.3, 0.4) is 0 Å². The molecule has 4 nitrogen and oxygen atoms in total. The van der Waals surface area contributed by atoms with Crippen molar-refractivity contribution < 1.29 is 8.83 Å². The van der Waals surface area contributed by atoms with Crippen LogP contribution in [0.5, 0.6) is 0 Å². The molecule has 14 rings (SSSR count). The molecule has 7 aromatic carbocycles. The van der Waals surface area contributed by atoms with Crippen molar-refractivity contribution in [3.63, 3.8) is 0 Å². The van der Waals surface area contributed by atoms with Gasteiger partial charge in [0.15, 0.2) is 0 Å². The van der Waals surface area contributed by atoms with E-state index >= 15 is 0 Å². The number of rotatable bonds is 2. The largest absolute Gasteiger partial charge is 0.466 e. The topological polar surface area (TPSA) is 32.8 Å². The Bertz CT molecular complexity index is 3960. The average Bonchev–Trinajstić information content (AvgIpc) is 4.02.